The lowest BCUT2D eigenvalue weighted by atomic mass is 9.71. The van der Waals surface area contributed by atoms with Crippen LogP contribution in [-0.2, 0) is 27.3 Å². The van der Waals surface area contributed by atoms with Crippen LogP contribution in [0.3, 0.4) is 0 Å². The van der Waals surface area contributed by atoms with Gasteiger partial charge in [0.25, 0.3) is 0 Å². The summed E-state index contributed by atoms with van der Waals surface area (Å²) >= 11 is 3.00. The molecule has 3 heterocycles. The van der Waals surface area contributed by atoms with E-state index in [9.17, 15) is 39.9 Å². The van der Waals surface area contributed by atoms with Crippen LogP contribution in [0.5, 0.6) is 11.5 Å². The minimum atomic E-state index is -2.18. The van der Waals surface area contributed by atoms with Crippen molar-refractivity contribution >= 4 is 40.9 Å². The van der Waals surface area contributed by atoms with Crippen molar-refractivity contribution in [1.82, 2.24) is 5.32 Å². The number of carbonyl (C=O) groups excluding carboxylic acids is 3. The van der Waals surface area contributed by atoms with E-state index < -0.39 is 84.4 Å². The number of nitrogens with one attached hydrogen (secondary N) is 1. The standard InChI is InChI=1S/C30H31NO11S2/c1-11-23(35)15-5-18(40-11)41-16-7-30(39,17(34)9-33)6-14-20(16)27(42-29-28(31-15)43-10-44-29)22-21(25(14)37)24(36)13-4-2-3-12(8-32)19(13)26(22)38/h2-4,11,15-16,18,23,28-29,31-33,35,37,39H,5-10H2,1H3/t11-,15-,16-,18?,23+,28?,29-,30-/m0/s1. The number of Topliss-reactive ketones (excluding diaryl/α,β-unsaturated/α-hetero) is 1. The molecule has 2 unspecified atom stereocenters. The monoisotopic (exact) mass is 645 g/mol. The average molecular weight is 646 g/mol. The fraction of sp³-hybridized carbons (Fsp3) is 0.500. The molecule has 0 saturated carbocycles. The number of benzene rings is 2. The smallest absolute Gasteiger partial charge is 0.198 e. The first-order valence-electron chi connectivity index (χ1n) is 14.3. The summed E-state index contributed by atoms with van der Waals surface area (Å²) < 4.78 is 19.0. The number of phenols is 1. The topological polar surface area (TPSA) is 192 Å². The van der Waals surface area contributed by atoms with Gasteiger partial charge in [-0.1, -0.05) is 18.2 Å². The van der Waals surface area contributed by atoms with Gasteiger partial charge in [-0.3, -0.25) is 19.7 Å². The number of aromatic hydroxyl groups is 1. The molecule has 0 amide bonds. The molecule has 2 fully saturated rings. The summed E-state index contributed by atoms with van der Waals surface area (Å²) in [4.78, 5) is 41.2. The molecule has 5 aliphatic rings. The van der Waals surface area contributed by atoms with Crippen LogP contribution in [0.1, 0.15) is 74.4 Å². The number of rotatable bonds is 3. The summed E-state index contributed by atoms with van der Waals surface area (Å²) in [6.45, 7) is 0.220. The molecule has 3 aliphatic heterocycles. The molecule has 8 atom stereocenters. The fourth-order valence-electron chi connectivity index (χ4n) is 6.94. The Hall–Kier alpha value is -2.53. The number of aliphatic hydroxyl groups excluding tert-OH is 3. The van der Waals surface area contributed by atoms with Gasteiger partial charge in [0, 0.05) is 52.6 Å². The van der Waals surface area contributed by atoms with Crippen LogP contribution in [0.2, 0.25) is 0 Å². The van der Waals surface area contributed by atoms with Crippen molar-refractivity contribution in [2.75, 3.05) is 11.7 Å². The molecule has 2 aliphatic carbocycles. The zero-order valence-electron chi connectivity index (χ0n) is 23.5. The Bertz CT molecular complexity index is 1580. The van der Waals surface area contributed by atoms with Gasteiger partial charge in [0.2, 0.25) is 0 Å². The van der Waals surface area contributed by atoms with Crippen LogP contribution in [-0.4, -0.2) is 95.5 Å². The summed E-state index contributed by atoms with van der Waals surface area (Å²) in [6, 6.07) is 4.03. The van der Waals surface area contributed by atoms with E-state index >= 15 is 0 Å². The van der Waals surface area contributed by atoms with Gasteiger partial charge in [0.1, 0.15) is 29.1 Å². The van der Waals surface area contributed by atoms with Crippen LogP contribution >= 0.6 is 23.5 Å². The maximum Gasteiger partial charge on any atom is 0.198 e. The van der Waals surface area contributed by atoms with E-state index in [4.69, 9.17) is 14.2 Å². The number of fused-ring (bicyclic) bond motifs is 6. The lowest BCUT2D eigenvalue weighted by molar-refractivity contribution is -0.249. The Labute approximate surface area is 260 Å². The Morgan fingerprint density at radius 3 is 2.66 bits per heavy atom. The second kappa shape index (κ2) is 11.1. The summed E-state index contributed by atoms with van der Waals surface area (Å²) in [7, 11) is 0. The lowest BCUT2D eigenvalue weighted by Gasteiger charge is -2.43. The van der Waals surface area contributed by atoms with E-state index in [0.29, 0.717) is 5.08 Å². The van der Waals surface area contributed by atoms with Gasteiger partial charge in [-0.15, -0.1) is 23.5 Å². The molecule has 2 saturated heterocycles. The highest BCUT2D eigenvalue weighted by molar-refractivity contribution is 8.19. The number of thioether (sulfide) groups is 2. The number of phenolic OH excluding ortho intramolecular Hbond substituents is 1. The van der Waals surface area contributed by atoms with E-state index in [1.165, 1.54) is 30.0 Å². The second-order valence-corrected chi connectivity index (χ2v) is 14.3. The molecule has 2 bridgehead atoms. The summed E-state index contributed by atoms with van der Waals surface area (Å²) in [6.07, 6.45) is -4.28. The molecule has 2 aromatic rings. The van der Waals surface area contributed by atoms with Gasteiger partial charge in [0.15, 0.2) is 29.1 Å². The molecular weight excluding hydrogens is 614 g/mol. The molecule has 44 heavy (non-hydrogen) atoms. The van der Waals surface area contributed by atoms with E-state index in [1.807, 2.05) is 0 Å². The second-order valence-electron chi connectivity index (χ2n) is 11.7. The zero-order valence-corrected chi connectivity index (χ0v) is 25.2. The fourth-order valence-corrected chi connectivity index (χ4v) is 9.75. The first-order chi connectivity index (χ1) is 21.1. The van der Waals surface area contributed by atoms with Crippen molar-refractivity contribution in [1.29, 1.82) is 0 Å². The maximum absolute atomic E-state index is 14.3. The molecular formula is C30H31NO11S2. The minimum absolute atomic E-state index is 0.000481. The number of hydrogen-bond donors (Lipinski definition) is 6. The number of carbonyl (C=O) groups is 3. The Morgan fingerprint density at radius 1 is 1.11 bits per heavy atom. The minimum Gasteiger partial charge on any atom is -0.507 e. The third-order valence-corrected chi connectivity index (χ3v) is 11.9. The molecule has 2 aromatic carbocycles. The van der Waals surface area contributed by atoms with Gasteiger partial charge in [0.05, 0.1) is 36.0 Å². The van der Waals surface area contributed by atoms with Crippen molar-refractivity contribution in [3.63, 3.8) is 0 Å². The van der Waals surface area contributed by atoms with Gasteiger partial charge >= 0.3 is 0 Å². The van der Waals surface area contributed by atoms with Gasteiger partial charge in [-0.25, -0.2) is 0 Å². The molecule has 12 nitrogen and oxygen atoms in total. The molecule has 7 rings (SSSR count). The van der Waals surface area contributed by atoms with Gasteiger partial charge in [-0.2, -0.15) is 0 Å². The number of ketones is 3. The zero-order chi connectivity index (χ0) is 31.1. The number of aliphatic hydroxyl groups is 4. The van der Waals surface area contributed by atoms with Crippen LogP contribution in [0.15, 0.2) is 18.2 Å². The van der Waals surface area contributed by atoms with Crippen LogP contribution < -0.4 is 10.1 Å². The molecule has 234 valence electrons. The van der Waals surface area contributed by atoms with Crippen LogP contribution in [0, 0.1) is 0 Å². The van der Waals surface area contributed by atoms with E-state index in [0.717, 1.165) is 0 Å². The normalized spacial score (nSPS) is 34.2. The van der Waals surface area contributed by atoms with Crippen LogP contribution in [0.25, 0.3) is 0 Å². The quantitative estimate of drug-likeness (QED) is 0.235. The lowest BCUT2D eigenvalue weighted by Crippen LogP contribution is -2.57. The van der Waals surface area contributed by atoms with E-state index in [1.54, 1.807) is 18.7 Å². The highest BCUT2D eigenvalue weighted by Gasteiger charge is 2.52. The first-order valence-corrected chi connectivity index (χ1v) is 16.4. The molecule has 14 heteroatoms. The maximum atomic E-state index is 14.3. The highest BCUT2D eigenvalue weighted by atomic mass is 32.2. The number of ether oxygens (including phenoxy) is 3. The van der Waals surface area contributed by atoms with Crippen molar-refractivity contribution in [3.8, 4) is 11.5 Å². The predicted octanol–water partition coefficient (Wildman–Crippen LogP) is 0.892. The highest BCUT2D eigenvalue weighted by Crippen LogP contribution is 2.54. The Morgan fingerprint density at radius 2 is 1.91 bits per heavy atom. The first kappa shape index (κ1) is 30.1. The average Bonchev–Trinajstić information content (AvgIpc) is 3.44. The van der Waals surface area contributed by atoms with Crippen LogP contribution in [0.4, 0.5) is 0 Å². The third kappa shape index (κ3) is 4.54. The Kier molecular flexibility index (Phi) is 7.58. The summed E-state index contributed by atoms with van der Waals surface area (Å²) in [5, 5.41) is 57.8. The van der Waals surface area contributed by atoms with Crippen molar-refractivity contribution < 1.29 is 54.1 Å². The van der Waals surface area contributed by atoms with Gasteiger partial charge in [-0.05, 0) is 12.5 Å². The molecule has 0 radical (unpaired) electrons. The van der Waals surface area contributed by atoms with Crippen molar-refractivity contribution in [2.24, 2.45) is 0 Å². The largest absolute Gasteiger partial charge is 0.507 e. The molecule has 6 N–H and O–H groups in total. The molecule has 0 aromatic heterocycles. The predicted molar refractivity (Wildman–Crippen MR) is 157 cm³/mol. The van der Waals surface area contributed by atoms with Crippen molar-refractivity contribution in [2.45, 2.75) is 79.8 Å². The summed E-state index contributed by atoms with van der Waals surface area (Å²) in [5.41, 5.74) is -2.91. The van der Waals surface area contributed by atoms with Gasteiger partial charge < -0.3 is 39.7 Å². The Balaban J connectivity index is 1.50. The third-order valence-electron chi connectivity index (χ3n) is 9.15. The van der Waals surface area contributed by atoms with E-state index in [2.05, 4.69) is 5.32 Å². The SMILES string of the molecule is C[C@@H]1OC2C[C@H](NC3SCS[C@@H]3Oc3c4c(c(O)c5c3[C@H](C[C@](O)(C(=O)CO)C5)O2)C(=O)c2cccc(CO)c2C4=O)[C@@H]1O. The molecule has 0 spiro atoms. The van der Waals surface area contributed by atoms with E-state index in [-0.39, 0.29) is 62.9 Å². The summed E-state index contributed by atoms with van der Waals surface area (Å²) in [5.74, 6) is -2.84. The number of hydrogen-bond acceptors (Lipinski definition) is 14. The van der Waals surface area contributed by atoms with Crippen molar-refractivity contribution in [3.05, 3.63) is 57.1 Å².